The summed E-state index contributed by atoms with van der Waals surface area (Å²) in [5.41, 5.74) is -0.244. The molecule has 3 aliphatic carbocycles. The molecule has 3 rings (SSSR count). The summed E-state index contributed by atoms with van der Waals surface area (Å²) in [6, 6.07) is 0. The topological polar surface area (TPSA) is 49.7 Å². The Morgan fingerprint density at radius 3 is 2.25 bits per heavy atom. The van der Waals surface area contributed by atoms with E-state index in [0.717, 1.165) is 42.9 Å². The van der Waals surface area contributed by atoms with Crippen LogP contribution in [0.4, 0.5) is 0 Å². The second-order valence-corrected chi connectivity index (χ2v) is 13.5. The maximum absolute atomic E-state index is 11.3. The van der Waals surface area contributed by atoms with E-state index < -0.39 is 0 Å². The highest BCUT2D eigenvalue weighted by Crippen LogP contribution is 2.59. The van der Waals surface area contributed by atoms with Crippen LogP contribution in [0.3, 0.4) is 0 Å². The van der Waals surface area contributed by atoms with Crippen molar-refractivity contribution in [3.8, 4) is 0 Å². The highest BCUT2D eigenvalue weighted by atomic mass is 16.5. The molecule has 0 saturated heterocycles. The number of rotatable bonds is 8. The van der Waals surface area contributed by atoms with Crippen molar-refractivity contribution in [1.82, 2.24) is 0 Å². The summed E-state index contributed by atoms with van der Waals surface area (Å²) >= 11 is 0. The van der Waals surface area contributed by atoms with Crippen molar-refractivity contribution >= 4 is 0 Å². The van der Waals surface area contributed by atoms with Crippen LogP contribution in [0.25, 0.3) is 0 Å². The minimum Gasteiger partial charge on any atom is -0.396 e. The SMILES string of the molecule is CC(C)CCC[C@H](C)[C@@H]1CC[C@@H]2[C@@H]1CC[C@H]([C@]1(C)CC[C@H](OC(C)(C)C)C[C@H]1O)[C@H]2CO. The molecule has 0 unspecified atom stereocenters. The van der Waals surface area contributed by atoms with Gasteiger partial charge in [-0.1, -0.05) is 47.0 Å². The molecule has 3 aliphatic rings. The molecule has 3 heteroatoms. The second-order valence-electron chi connectivity index (χ2n) is 13.5. The van der Waals surface area contributed by atoms with Gasteiger partial charge in [-0.15, -0.1) is 0 Å². The summed E-state index contributed by atoms with van der Waals surface area (Å²) in [5.74, 6) is 4.71. The first-order valence-electron chi connectivity index (χ1n) is 13.9. The van der Waals surface area contributed by atoms with Crippen molar-refractivity contribution in [2.24, 2.45) is 46.8 Å². The zero-order valence-corrected chi connectivity index (χ0v) is 22.3. The molecule has 0 bridgehead atoms. The van der Waals surface area contributed by atoms with E-state index in [1.807, 2.05) is 0 Å². The molecule has 2 N–H and O–H groups in total. The van der Waals surface area contributed by atoms with Gasteiger partial charge in [-0.05, 0) is 106 Å². The van der Waals surface area contributed by atoms with Crippen molar-refractivity contribution in [3.05, 3.63) is 0 Å². The van der Waals surface area contributed by atoms with Gasteiger partial charge in [-0.3, -0.25) is 0 Å². The third kappa shape index (κ3) is 5.92. The normalized spacial score (nSPS) is 41.6. The number of aliphatic hydroxyl groups excluding tert-OH is 2. The predicted molar refractivity (Wildman–Crippen MR) is 133 cm³/mol. The van der Waals surface area contributed by atoms with Crippen LogP contribution in [0.2, 0.25) is 0 Å². The Kier molecular flexibility index (Phi) is 8.81. The van der Waals surface area contributed by atoms with Crippen LogP contribution in [0.15, 0.2) is 0 Å². The van der Waals surface area contributed by atoms with E-state index in [0.29, 0.717) is 24.4 Å². The fourth-order valence-corrected chi connectivity index (χ4v) is 8.14. The van der Waals surface area contributed by atoms with E-state index in [-0.39, 0.29) is 23.2 Å². The Morgan fingerprint density at radius 1 is 0.969 bits per heavy atom. The number of hydrogen-bond donors (Lipinski definition) is 2. The molecule has 3 saturated carbocycles. The molecule has 0 amide bonds. The average molecular weight is 451 g/mol. The number of fused-ring (bicyclic) bond motifs is 1. The van der Waals surface area contributed by atoms with Crippen LogP contribution >= 0.6 is 0 Å². The number of aliphatic hydroxyl groups is 2. The fourth-order valence-electron chi connectivity index (χ4n) is 8.14. The van der Waals surface area contributed by atoms with E-state index in [9.17, 15) is 10.2 Å². The molecule has 188 valence electrons. The maximum Gasteiger partial charge on any atom is 0.0621 e. The molecule has 0 radical (unpaired) electrons. The Hall–Kier alpha value is -0.120. The molecule has 0 aromatic carbocycles. The maximum atomic E-state index is 11.3. The predicted octanol–water partition coefficient (Wildman–Crippen LogP) is 6.84. The van der Waals surface area contributed by atoms with Gasteiger partial charge in [-0.2, -0.15) is 0 Å². The summed E-state index contributed by atoms with van der Waals surface area (Å²) in [6.07, 6.45) is 11.8. The molecule has 3 fully saturated rings. The van der Waals surface area contributed by atoms with E-state index in [2.05, 4.69) is 48.5 Å². The highest BCUT2D eigenvalue weighted by Gasteiger charge is 2.54. The quantitative estimate of drug-likeness (QED) is 0.425. The summed E-state index contributed by atoms with van der Waals surface area (Å²) in [7, 11) is 0. The molecule has 9 atom stereocenters. The Labute approximate surface area is 199 Å². The summed E-state index contributed by atoms with van der Waals surface area (Å²) in [6.45, 7) is 16.1. The first-order valence-corrected chi connectivity index (χ1v) is 13.9. The molecule has 0 heterocycles. The van der Waals surface area contributed by atoms with E-state index in [1.54, 1.807) is 0 Å². The van der Waals surface area contributed by atoms with Crippen LogP contribution in [0, 0.1) is 46.8 Å². The first kappa shape index (κ1) is 26.5. The summed E-state index contributed by atoms with van der Waals surface area (Å²) in [5, 5.41) is 21.9. The van der Waals surface area contributed by atoms with Gasteiger partial charge in [0.05, 0.1) is 17.8 Å². The van der Waals surface area contributed by atoms with Crippen molar-refractivity contribution in [3.63, 3.8) is 0 Å². The van der Waals surface area contributed by atoms with Gasteiger partial charge in [0, 0.05) is 13.0 Å². The lowest BCUT2D eigenvalue weighted by Gasteiger charge is -2.54. The zero-order valence-electron chi connectivity index (χ0n) is 22.3. The molecule has 0 aromatic heterocycles. The fraction of sp³-hybridized carbons (Fsp3) is 1.00. The number of hydrogen-bond acceptors (Lipinski definition) is 3. The van der Waals surface area contributed by atoms with Crippen molar-refractivity contribution < 1.29 is 14.9 Å². The zero-order chi connectivity index (χ0) is 23.7. The Bertz CT molecular complexity index is 581. The van der Waals surface area contributed by atoms with E-state index in [4.69, 9.17) is 4.74 Å². The molecule has 0 aromatic rings. The van der Waals surface area contributed by atoms with Crippen LogP contribution < -0.4 is 0 Å². The number of ether oxygens (including phenoxy) is 1. The van der Waals surface area contributed by atoms with Gasteiger partial charge >= 0.3 is 0 Å². The van der Waals surface area contributed by atoms with Crippen molar-refractivity contribution in [2.45, 2.75) is 130 Å². The van der Waals surface area contributed by atoms with Crippen molar-refractivity contribution in [2.75, 3.05) is 6.61 Å². The largest absolute Gasteiger partial charge is 0.396 e. The van der Waals surface area contributed by atoms with Gasteiger partial charge in [0.25, 0.3) is 0 Å². The third-order valence-corrected chi connectivity index (χ3v) is 9.81. The molecule has 3 nitrogen and oxygen atoms in total. The van der Waals surface area contributed by atoms with Gasteiger partial charge in [0.2, 0.25) is 0 Å². The van der Waals surface area contributed by atoms with Crippen LogP contribution in [0.1, 0.15) is 113 Å². The summed E-state index contributed by atoms with van der Waals surface area (Å²) < 4.78 is 6.23. The minimum absolute atomic E-state index is 0.0862. The highest BCUT2D eigenvalue weighted by molar-refractivity contribution is 5.03. The van der Waals surface area contributed by atoms with Crippen molar-refractivity contribution in [1.29, 1.82) is 0 Å². The van der Waals surface area contributed by atoms with E-state index in [1.165, 1.54) is 44.9 Å². The smallest absolute Gasteiger partial charge is 0.0621 e. The van der Waals surface area contributed by atoms with Gasteiger partial charge < -0.3 is 14.9 Å². The first-order chi connectivity index (χ1) is 15.0. The Balaban J connectivity index is 1.64. The molecule has 0 aliphatic heterocycles. The minimum atomic E-state index is -0.327. The lowest BCUT2D eigenvalue weighted by atomic mass is 9.53. The lowest BCUT2D eigenvalue weighted by molar-refractivity contribution is -0.154. The van der Waals surface area contributed by atoms with Crippen LogP contribution in [0.5, 0.6) is 0 Å². The monoisotopic (exact) mass is 450 g/mol. The van der Waals surface area contributed by atoms with Crippen LogP contribution in [-0.2, 0) is 4.74 Å². The van der Waals surface area contributed by atoms with Gasteiger partial charge in [0.15, 0.2) is 0 Å². The van der Waals surface area contributed by atoms with Crippen LogP contribution in [-0.4, -0.2) is 34.6 Å². The standard InChI is InChI=1S/C29H54O3/c1-19(2)9-8-10-20(3)22-11-12-24-23(22)13-14-26(25(24)18-30)29(7)16-15-21(17-27(29)31)32-28(4,5)6/h19-27,30-31H,8-18H2,1-7H3/t20-,21-,22-,23+,24+,25-,26-,27+,29-/m0/s1. The molecule has 0 spiro atoms. The molecular weight excluding hydrogens is 396 g/mol. The summed E-state index contributed by atoms with van der Waals surface area (Å²) in [4.78, 5) is 0. The van der Waals surface area contributed by atoms with Gasteiger partial charge in [0.1, 0.15) is 0 Å². The molecular formula is C29H54O3. The molecule has 32 heavy (non-hydrogen) atoms. The second kappa shape index (κ2) is 10.6. The van der Waals surface area contributed by atoms with Gasteiger partial charge in [-0.25, -0.2) is 0 Å². The van der Waals surface area contributed by atoms with E-state index >= 15 is 0 Å². The lowest BCUT2D eigenvalue weighted by Crippen LogP contribution is -2.52. The Morgan fingerprint density at radius 2 is 1.66 bits per heavy atom. The average Bonchev–Trinajstić information content (AvgIpc) is 3.13. The third-order valence-electron chi connectivity index (χ3n) is 9.81.